The van der Waals surface area contributed by atoms with Gasteiger partial charge in [0.05, 0.1) is 16.3 Å². The third-order valence-electron chi connectivity index (χ3n) is 4.51. The number of carbonyl (C=O) groups is 1. The summed E-state index contributed by atoms with van der Waals surface area (Å²) in [5.41, 5.74) is 0.389. The molecule has 2 heterocycles. The first-order valence-electron chi connectivity index (χ1n) is 9.41. The zero-order valence-electron chi connectivity index (χ0n) is 16.9. The minimum Gasteiger partial charge on any atom is -0.323 e. The van der Waals surface area contributed by atoms with Gasteiger partial charge in [-0.25, -0.2) is 18.1 Å². The van der Waals surface area contributed by atoms with E-state index in [1.807, 2.05) is 0 Å². The number of rotatable bonds is 8. The Morgan fingerprint density at radius 3 is 2.58 bits per heavy atom. The molecule has 164 valence electrons. The summed E-state index contributed by atoms with van der Waals surface area (Å²) in [6, 6.07) is 7.21. The van der Waals surface area contributed by atoms with Crippen LogP contribution in [0.2, 0.25) is 5.02 Å². The first kappa shape index (κ1) is 22.7. The van der Waals surface area contributed by atoms with Crippen molar-refractivity contribution in [2.24, 2.45) is 0 Å². The molecule has 12 heteroatoms. The van der Waals surface area contributed by atoms with E-state index in [-0.39, 0.29) is 24.5 Å². The Balaban J connectivity index is 1.87. The van der Waals surface area contributed by atoms with Gasteiger partial charge in [0, 0.05) is 30.4 Å². The standard InChI is InChI=1S/C19H21ClN6O4S/c1-3-25(4-2)31(29,30)15-6-8-19(28)24(10-15)11-18(27)23-16-9-14(20)5-7-17(16)26-13-21-12-22-26/h5-10,12-13H,3-4,11H2,1-2H3,(H,23,27). The number of pyridine rings is 1. The summed E-state index contributed by atoms with van der Waals surface area (Å²) in [6.07, 6.45) is 3.98. The molecule has 31 heavy (non-hydrogen) atoms. The molecule has 3 aromatic rings. The second kappa shape index (κ2) is 9.41. The molecule has 0 aliphatic carbocycles. The fourth-order valence-corrected chi connectivity index (χ4v) is 4.63. The van der Waals surface area contributed by atoms with E-state index in [2.05, 4.69) is 15.4 Å². The molecule has 0 atom stereocenters. The van der Waals surface area contributed by atoms with Crippen LogP contribution in [0, 0.1) is 0 Å². The normalized spacial score (nSPS) is 11.6. The van der Waals surface area contributed by atoms with Crippen LogP contribution >= 0.6 is 11.6 Å². The van der Waals surface area contributed by atoms with Crippen molar-refractivity contribution in [2.45, 2.75) is 25.3 Å². The van der Waals surface area contributed by atoms with E-state index in [4.69, 9.17) is 11.6 Å². The van der Waals surface area contributed by atoms with Gasteiger partial charge in [0.2, 0.25) is 15.9 Å². The summed E-state index contributed by atoms with van der Waals surface area (Å²) < 4.78 is 29.2. The Labute approximate surface area is 184 Å². The highest BCUT2D eigenvalue weighted by atomic mass is 35.5. The van der Waals surface area contributed by atoms with E-state index < -0.39 is 21.5 Å². The molecule has 0 spiro atoms. The molecular weight excluding hydrogens is 444 g/mol. The number of sulfonamides is 1. The summed E-state index contributed by atoms with van der Waals surface area (Å²) >= 11 is 6.05. The van der Waals surface area contributed by atoms with Crippen molar-refractivity contribution in [1.82, 2.24) is 23.6 Å². The number of amides is 1. The summed E-state index contributed by atoms with van der Waals surface area (Å²) in [5.74, 6) is -0.539. The van der Waals surface area contributed by atoms with Crippen molar-refractivity contribution in [3.63, 3.8) is 0 Å². The Morgan fingerprint density at radius 2 is 1.94 bits per heavy atom. The van der Waals surface area contributed by atoms with E-state index in [0.29, 0.717) is 16.4 Å². The smallest absolute Gasteiger partial charge is 0.251 e. The quantitative estimate of drug-likeness (QED) is 0.542. The van der Waals surface area contributed by atoms with Gasteiger partial charge in [0.25, 0.3) is 5.56 Å². The van der Waals surface area contributed by atoms with Crippen LogP contribution in [0.15, 0.2) is 58.9 Å². The van der Waals surface area contributed by atoms with Crippen LogP contribution in [0.4, 0.5) is 5.69 Å². The highest BCUT2D eigenvalue weighted by molar-refractivity contribution is 7.89. The van der Waals surface area contributed by atoms with Gasteiger partial charge in [0.1, 0.15) is 19.2 Å². The third kappa shape index (κ3) is 5.01. The number of halogens is 1. The molecule has 0 fully saturated rings. The van der Waals surface area contributed by atoms with Crippen molar-refractivity contribution in [3.8, 4) is 5.69 Å². The second-order valence-electron chi connectivity index (χ2n) is 6.47. The highest BCUT2D eigenvalue weighted by Crippen LogP contribution is 2.24. The number of hydrogen-bond acceptors (Lipinski definition) is 6. The molecule has 0 saturated heterocycles. The predicted molar refractivity (Wildman–Crippen MR) is 116 cm³/mol. The number of nitrogens with one attached hydrogen (secondary N) is 1. The van der Waals surface area contributed by atoms with Crippen LogP contribution in [-0.4, -0.2) is 51.1 Å². The van der Waals surface area contributed by atoms with Gasteiger partial charge < -0.3 is 9.88 Å². The summed E-state index contributed by atoms with van der Waals surface area (Å²) in [6.45, 7) is 3.64. The Bertz CT molecular complexity index is 1240. The van der Waals surface area contributed by atoms with Crippen LogP contribution in [0.3, 0.4) is 0 Å². The SMILES string of the molecule is CCN(CC)S(=O)(=O)c1ccc(=O)n(CC(=O)Nc2cc(Cl)ccc2-n2cncn2)c1. The molecule has 3 rings (SSSR count). The molecule has 0 aliphatic rings. The van der Waals surface area contributed by atoms with Gasteiger partial charge >= 0.3 is 0 Å². The molecule has 0 radical (unpaired) electrons. The molecule has 1 aromatic carbocycles. The number of benzene rings is 1. The molecule has 2 aromatic heterocycles. The van der Waals surface area contributed by atoms with Crippen molar-refractivity contribution in [3.05, 3.63) is 64.6 Å². The largest absolute Gasteiger partial charge is 0.323 e. The van der Waals surface area contributed by atoms with Gasteiger partial charge in [-0.2, -0.15) is 9.40 Å². The molecular formula is C19H21ClN6O4S. The fraction of sp³-hybridized carbons (Fsp3) is 0.263. The Morgan fingerprint density at radius 1 is 1.19 bits per heavy atom. The van der Waals surface area contributed by atoms with Gasteiger partial charge in [-0.1, -0.05) is 25.4 Å². The van der Waals surface area contributed by atoms with E-state index in [9.17, 15) is 18.0 Å². The number of hydrogen-bond donors (Lipinski definition) is 1. The topological polar surface area (TPSA) is 119 Å². The second-order valence-corrected chi connectivity index (χ2v) is 8.84. The van der Waals surface area contributed by atoms with Gasteiger partial charge in [-0.3, -0.25) is 9.59 Å². The molecule has 0 unspecified atom stereocenters. The third-order valence-corrected chi connectivity index (χ3v) is 6.78. The Hall–Kier alpha value is -3.02. The van der Waals surface area contributed by atoms with Crippen molar-refractivity contribution in [2.75, 3.05) is 18.4 Å². The van der Waals surface area contributed by atoms with Crippen molar-refractivity contribution in [1.29, 1.82) is 0 Å². The predicted octanol–water partition coefficient (Wildman–Crippen LogP) is 1.75. The molecule has 10 nitrogen and oxygen atoms in total. The molecule has 0 bridgehead atoms. The number of aromatic nitrogens is 4. The van der Waals surface area contributed by atoms with Crippen LogP contribution in [0.5, 0.6) is 0 Å². The molecule has 1 N–H and O–H groups in total. The van der Waals surface area contributed by atoms with Gasteiger partial charge in [0.15, 0.2) is 0 Å². The number of carbonyl (C=O) groups excluding carboxylic acids is 1. The number of anilines is 1. The lowest BCUT2D eigenvalue weighted by Crippen LogP contribution is -2.33. The minimum atomic E-state index is -3.77. The van der Waals surface area contributed by atoms with Gasteiger partial charge in [-0.15, -0.1) is 0 Å². The minimum absolute atomic E-state index is 0.0605. The van der Waals surface area contributed by atoms with Crippen molar-refractivity contribution >= 4 is 33.2 Å². The summed E-state index contributed by atoms with van der Waals surface area (Å²) in [4.78, 5) is 28.7. The monoisotopic (exact) mass is 464 g/mol. The molecule has 0 saturated carbocycles. The van der Waals surface area contributed by atoms with Crippen LogP contribution < -0.4 is 10.9 Å². The number of nitrogens with zero attached hydrogens (tertiary/aromatic N) is 5. The van der Waals surface area contributed by atoms with Crippen LogP contribution in [0.1, 0.15) is 13.8 Å². The van der Waals surface area contributed by atoms with E-state index in [1.165, 1.54) is 33.9 Å². The van der Waals surface area contributed by atoms with Crippen molar-refractivity contribution < 1.29 is 13.2 Å². The molecule has 0 aliphatic heterocycles. The van der Waals surface area contributed by atoms with E-state index >= 15 is 0 Å². The average Bonchev–Trinajstić information content (AvgIpc) is 3.25. The zero-order chi connectivity index (χ0) is 22.6. The zero-order valence-corrected chi connectivity index (χ0v) is 18.5. The van der Waals surface area contributed by atoms with Crippen LogP contribution in [-0.2, 0) is 21.4 Å². The maximum absolute atomic E-state index is 12.7. The summed E-state index contributed by atoms with van der Waals surface area (Å²) in [5, 5.41) is 7.12. The summed E-state index contributed by atoms with van der Waals surface area (Å²) in [7, 11) is -3.77. The molecule has 1 amide bonds. The first-order chi connectivity index (χ1) is 14.8. The Kier molecular flexibility index (Phi) is 6.88. The lowest BCUT2D eigenvalue weighted by molar-refractivity contribution is -0.116. The lowest BCUT2D eigenvalue weighted by atomic mass is 10.2. The first-order valence-corrected chi connectivity index (χ1v) is 11.2. The highest BCUT2D eigenvalue weighted by Gasteiger charge is 2.22. The fourth-order valence-electron chi connectivity index (χ4n) is 2.98. The maximum Gasteiger partial charge on any atom is 0.251 e. The van der Waals surface area contributed by atoms with Crippen LogP contribution in [0.25, 0.3) is 5.69 Å². The van der Waals surface area contributed by atoms with Gasteiger partial charge in [-0.05, 0) is 24.3 Å². The average molecular weight is 465 g/mol. The maximum atomic E-state index is 12.7. The van der Waals surface area contributed by atoms with E-state index in [1.54, 1.807) is 32.0 Å². The lowest BCUT2D eigenvalue weighted by Gasteiger charge is -2.19. The van der Waals surface area contributed by atoms with E-state index in [0.717, 1.165) is 10.6 Å².